The van der Waals surface area contributed by atoms with Gasteiger partial charge < -0.3 is 20.6 Å². The van der Waals surface area contributed by atoms with Gasteiger partial charge in [0.15, 0.2) is 11.6 Å². The van der Waals surface area contributed by atoms with Crippen molar-refractivity contribution in [3.63, 3.8) is 0 Å². The summed E-state index contributed by atoms with van der Waals surface area (Å²) in [5.74, 6) is 0.637. The van der Waals surface area contributed by atoms with Crippen molar-refractivity contribution in [2.45, 2.75) is 13.3 Å². The van der Waals surface area contributed by atoms with Crippen LogP contribution >= 0.6 is 0 Å². The SMILES string of the molecule is CC1=CC(=Nc2c(NCCCN(C)C)nn3ccccc23)C(NCCO)=CC1=O. The summed E-state index contributed by atoms with van der Waals surface area (Å²) in [5, 5.41) is 20.3. The lowest BCUT2D eigenvalue weighted by atomic mass is 10.0. The molecule has 0 aromatic carbocycles. The summed E-state index contributed by atoms with van der Waals surface area (Å²) in [6.45, 7) is 3.84. The third-order valence-corrected chi connectivity index (χ3v) is 4.54. The zero-order valence-corrected chi connectivity index (χ0v) is 17.1. The van der Waals surface area contributed by atoms with E-state index in [2.05, 4.69) is 34.7 Å². The van der Waals surface area contributed by atoms with Crippen LogP contribution in [-0.2, 0) is 4.79 Å². The van der Waals surface area contributed by atoms with E-state index < -0.39 is 0 Å². The van der Waals surface area contributed by atoms with Gasteiger partial charge >= 0.3 is 0 Å². The second-order valence-electron chi connectivity index (χ2n) is 7.21. The van der Waals surface area contributed by atoms with Gasteiger partial charge in [-0.2, -0.15) is 0 Å². The first-order valence-electron chi connectivity index (χ1n) is 9.73. The predicted molar refractivity (Wildman–Crippen MR) is 116 cm³/mol. The third-order valence-electron chi connectivity index (χ3n) is 4.54. The van der Waals surface area contributed by atoms with Crippen LogP contribution in [0.15, 0.2) is 52.8 Å². The number of ketones is 1. The summed E-state index contributed by atoms with van der Waals surface area (Å²) in [5.41, 5.74) is 3.46. The fourth-order valence-corrected chi connectivity index (χ4v) is 3.03. The lowest BCUT2D eigenvalue weighted by molar-refractivity contribution is -0.111. The number of pyridine rings is 1. The summed E-state index contributed by atoms with van der Waals surface area (Å²) in [6.07, 6.45) is 6.16. The molecule has 0 aliphatic heterocycles. The quantitative estimate of drug-likeness (QED) is 0.442. The van der Waals surface area contributed by atoms with E-state index in [9.17, 15) is 4.79 Å². The van der Waals surface area contributed by atoms with Gasteiger partial charge in [-0.05, 0) is 57.8 Å². The molecule has 154 valence electrons. The fourth-order valence-electron chi connectivity index (χ4n) is 3.03. The molecule has 0 saturated carbocycles. The number of anilines is 1. The number of carbonyl (C=O) groups excluding carboxylic acids is 1. The molecule has 2 aromatic heterocycles. The highest BCUT2D eigenvalue weighted by molar-refractivity contribution is 6.22. The van der Waals surface area contributed by atoms with Crippen molar-refractivity contribution in [1.29, 1.82) is 0 Å². The first kappa shape index (κ1) is 20.8. The molecule has 8 nitrogen and oxygen atoms in total. The number of hydrogen-bond acceptors (Lipinski definition) is 7. The Kier molecular flexibility index (Phi) is 6.79. The molecule has 0 saturated heterocycles. The van der Waals surface area contributed by atoms with Gasteiger partial charge in [0.2, 0.25) is 0 Å². The maximum Gasteiger partial charge on any atom is 0.183 e. The maximum absolute atomic E-state index is 12.1. The Morgan fingerprint density at radius 1 is 1.21 bits per heavy atom. The number of allylic oxidation sites excluding steroid dienone is 3. The maximum atomic E-state index is 12.1. The van der Waals surface area contributed by atoms with Crippen molar-refractivity contribution >= 4 is 28.5 Å². The number of carbonyl (C=O) groups is 1. The Labute approximate surface area is 170 Å². The monoisotopic (exact) mass is 396 g/mol. The molecule has 1 aliphatic rings. The molecule has 3 rings (SSSR count). The lowest BCUT2D eigenvalue weighted by Gasteiger charge is -2.15. The number of nitrogens with one attached hydrogen (secondary N) is 2. The number of aliphatic imine (C=N–C) groups is 1. The van der Waals surface area contributed by atoms with Gasteiger partial charge in [-0.1, -0.05) is 6.07 Å². The molecule has 0 spiro atoms. The van der Waals surface area contributed by atoms with Crippen LogP contribution < -0.4 is 10.6 Å². The summed E-state index contributed by atoms with van der Waals surface area (Å²) in [7, 11) is 4.10. The van der Waals surface area contributed by atoms with Gasteiger partial charge in [0, 0.05) is 25.4 Å². The first-order valence-corrected chi connectivity index (χ1v) is 9.73. The van der Waals surface area contributed by atoms with Gasteiger partial charge in [-0.15, -0.1) is 5.10 Å². The Balaban J connectivity index is 1.97. The normalized spacial score (nSPS) is 15.8. The largest absolute Gasteiger partial charge is 0.395 e. The van der Waals surface area contributed by atoms with Crippen molar-refractivity contribution < 1.29 is 9.90 Å². The summed E-state index contributed by atoms with van der Waals surface area (Å²) in [4.78, 5) is 19.1. The molecule has 8 heteroatoms. The summed E-state index contributed by atoms with van der Waals surface area (Å²) < 4.78 is 1.79. The average Bonchev–Trinajstić information content (AvgIpc) is 3.04. The molecule has 3 N–H and O–H groups in total. The summed E-state index contributed by atoms with van der Waals surface area (Å²) >= 11 is 0. The van der Waals surface area contributed by atoms with Gasteiger partial charge in [0.1, 0.15) is 5.69 Å². The molecule has 2 aromatic rings. The van der Waals surface area contributed by atoms with E-state index in [0.29, 0.717) is 29.3 Å². The molecular formula is C21H28N6O2. The van der Waals surface area contributed by atoms with Crippen LogP contribution in [0.25, 0.3) is 5.52 Å². The minimum absolute atomic E-state index is 0.0309. The highest BCUT2D eigenvalue weighted by Crippen LogP contribution is 2.31. The van der Waals surface area contributed by atoms with E-state index in [1.54, 1.807) is 17.5 Å². The van der Waals surface area contributed by atoms with Crippen molar-refractivity contribution in [3.8, 4) is 0 Å². The zero-order chi connectivity index (χ0) is 20.8. The molecular weight excluding hydrogens is 368 g/mol. The Hall–Kier alpha value is -2.97. The molecule has 0 atom stereocenters. The van der Waals surface area contributed by atoms with Crippen molar-refractivity contribution in [1.82, 2.24) is 19.8 Å². The molecule has 0 bridgehead atoms. The minimum atomic E-state index is -0.0636. The van der Waals surface area contributed by atoms with Gasteiger partial charge in [0.25, 0.3) is 0 Å². The van der Waals surface area contributed by atoms with E-state index >= 15 is 0 Å². The molecule has 1 aliphatic carbocycles. The van der Waals surface area contributed by atoms with Crippen LogP contribution in [0.5, 0.6) is 0 Å². The lowest BCUT2D eigenvalue weighted by Crippen LogP contribution is -2.26. The second-order valence-corrected chi connectivity index (χ2v) is 7.21. The van der Waals surface area contributed by atoms with E-state index in [1.165, 1.54) is 6.08 Å². The minimum Gasteiger partial charge on any atom is -0.395 e. The van der Waals surface area contributed by atoms with E-state index in [4.69, 9.17) is 10.1 Å². The van der Waals surface area contributed by atoms with E-state index in [0.717, 1.165) is 30.7 Å². The summed E-state index contributed by atoms with van der Waals surface area (Å²) in [6, 6.07) is 5.83. The van der Waals surface area contributed by atoms with Crippen molar-refractivity contribution in [2.24, 2.45) is 4.99 Å². The molecule has 2 heterocycles. The average molecular weight is 396 g/mol. The van der Waals surface area contributed by atoms with Gasteiger partial charge in [-0.25, -0.2) is 9.51 Å². The second kappa shape index (κ2) is 9.49. The molecule has 29 heavy (non-hydrogen) atoms. The Morgan fingerprint density at radius 3 is 2.79 bits per heavy atom. The van der Waals surface area contributed by atoms with Crippen LogP contribution in [0, 0.1) is 0 Å². The fraction of sp³-hybridized carbons (Fsp3) is 0.381. The standard InChI is InChI=1S/C21H28N6O2/c1-15-13-17(16(14-19(15)29)22-9-12-28)24-20-18-7-4-5-11-27(18)25-21(20)23-8-6-10-26(2)3/h4-5,7,11,13-14,22,28H,6,8-10,12H2,1-3H3,(H,23,25). The van der Waals surface area contributed by atoms with E-state index in [-0.39, 0.29) is 12.4 Å². The van der Waals surface area contributed by atoms with E-state index in [1.807, 2.05) is 24.4 Å². The number of aromatic nitrogens is 2. The van der Waals surface area contributed by atoms with Crippen LogP contribution in [0.4, 0.5) is 11.5 Å². The van der Waals surface area contributed by atoms with Gasteiger partial charge in [-0.3, -0.25) is 4.79 Å². The predicted octanol–water partition coefficient (Wildman–Crippen LogP) is 1.77. The molecule has 0 radical (unpaired) electrons. The number of aliphatic hydroxyl groups excluding tert-OH is 1. The highest BCUT2D eigenvalue weighted by Gasteiger charge is 2.18. The van der Waals surface area contributed by atoms with Crippen LogP contribution in [0.3, 0.4) is 0 Å². The number of rotatable bonds is 9. The Bertz CT molecular complexity index is 971. The smallest absolute Gasteiger partial charge is 0.183 e. The topological polar surface area (TPSA) is 94.3 Å². The van der Waals surface area contributed by atoms with Gasteiger partial charge in [0.05, 0.1) is 23.5 Å². The van der Waals surface area contributed by atoms with Crippen molar-refractivity contribution in [3.05, 3.63) is 47.8 Å². The van der Waals surface area contributed by atoms with Crippen molar-refractivity contribution in [2.75, 3.05) is 45.7 Å². The first-order chi connectivity index (χ1) is 14.0. The highest BCUT2D eigenvalue weighted by atomic mass is 16.3. The van der Waals surface area contributed by atoms with Crippen LogP contribution in [0.2, 0.25) is 0 Å². The number of fused-ring (bicyclic) bond motifs is 1. The van der Waals surface area contributed by atoms with Crippen LogP contribution in [0.1, 0.15) is 13.3 Å². The Morgan fingerprint density at radius 2 is 2.03 bits per heavy atom. The number of nitrogens with zero attached hydrogens (tertiary/aromatic N) is 4. The van der Waals surface area contributed by atoms with Crippen LogP contribution in [-0.4, -0.2) is 71.5 Å². The zero-order valence-electron chi connectivity index (χ0n) is 17.1. The molecule has 0 amide bonds. The molecule has 0 fully saturated rings. The molecule has 0 unspecified atom stereocenters. The number of aliphatic hydroxyl groups is 1. The number of hydrogen-bond donors (Lipinski definition) is 3. The third kappa shape index (κ3) is 5.10.